The predicted molar refractivity (Wildman–Crippen MR) is 56.5 cm³/mol. The topological polar surface area (TPSA) is 98.6 Å². The molecule has 1 amide bonds. The number of amides is 1. The number of ether oxygens (including phenoxy) is 1. The molecule has 5 N–H and O–H groups in total. The number of carbonyl (C=O) groups is 1. The lowest BCUT2D eigenvalue weighted by Gasteiger charge is -2.09. The summed E-state index contributed by atoms with van der Waals surface area (Å²) in [7, 11) is 0. The van der Waals surface area contributed by atoms with Gasteiger partial charge in [0.15, 0.2) is 11.6 Å². The molecule has 0 aromatic heterocycles. The molecule has 5 nitrogen and oxygen atoms in total. The van der Waals surface area contributed by atoms with E-state index in [9.17, 15) is 9.18 Å². The summed E-state index contributed by atoms with van der Waals surface area (Å²) in [5.74, 6) is -1.51. The van der Waals surface area contributed by atoms with E-state index < -0.39 is 11.7 Å². The lowest BCUT2D eigenvalue weighted by Crippen LogP contribution is -2.14. The number of halogens is 1. The van der Waals surface area contributed by atoms with Crippen LogP contribution in [-0.2, 0) is 0 Å². The minimum absolute atomic E-state index is 0.0143. The maximum Gasteiger partial charge on any atom is 0.250 e. The van der Waals surface area contributed by atoms with E-state index in [2.05, 4.69) is 0 Å². The standard InChI is InChI=1S/C10H13FN2O3/c11-7-5-8(12)6(10(13)15)4-9(7)16-3-1-2-14/h4-5,14H,1-3,12H2,(H2,13,15). The number of benzene rings is 1. The number of aliphatic hydroxyl groups excluding tert-OH is 1. The van der Waals surface area contributed by atoms with Crippen LogP contribution in [0, 0.1) is 5.82 Å². The lowest BCUT2D eigenvalue weighted by molar-refractivity contribution is 0.100. The fourth-order valence-electron chi connectivity index (χ4n) is 1.14. The van der Waals surface area contributed by atoms with Gasteiger partial charge in [-0.2, -0.15) is 0 Å². The average Bonchev–Trinajstić information content (AvgIpc) is 2.21. The molecule has 0 radical (unpaired) electrons. The van der Waals surface area contributed by atoms with E-state index >= 15 is 0 Å². The molecule has 1 aromatic carbocycles. The van der Waals surface area contributed by atoms with Gasteiger partial charge < -0.3 is 21.3 Å². The van der Waals surface area contributed by atoms with Crippen LogP contribution in [0.15, 0.2) is 12.1 Å². The summed E-state index contributed by atoms with van der Waals surface area (Å²) in [6.45, 7) is 0.0921. The van der Waals surface area contributed by atoms with Crippen molar-refractivity contribution in [3.05, 3.63) is 23.5 Å². The van der Waals surface area contributed by atoms with Gasteiger partial charge in [-0.3, -0.25) is 4.79 Å². The Balaban J connectivity index is 2.91. The molecular weight excluding hydrogens is 215 g/mol. The largest absolute Gasteiger partial charge is 0.490 e. The quantitative estimate of drug-likeness (QED) is 0.497. The van der Waals surface area contributed by atoms with Crippen LogP contribution in [0.3, 0.4) is 0 Å². The zero-order valence-electron chi connectivity index (χ0n) is 8.57. The molecule has 0 aliphatic heterocycles. The molecule has 0 saturated carbocycles. The van der Waals surface area contributed by atoms with Gasteiger partial charge >= 0.3 is 0 Å². The number of carbonyl (C=O) groups excluding carboxylic acids is 1. The number of primary amides is 1. The predicted octanol–water partition coefficient (Wildman–Crippen LogP) is 0.268. The lowest BCUT2D eigenvalue weighted by atomic mass is 10.1. The van der Waals surface area contributed by atoms with Crippen LogP contribution >= 0.6 is 0 Å². The Bertz CT molecular complexity index is 396. The fraction of sp³-hybridized carbons (Fsp3) is 0.300. The number of hydrogen-bond donors (Lipinski definition) is 3. The summed E-state index contributed by atoms with van der Waals surface area (Å²) >= 11 is 0. The molecule has 1 rings (SSSR count). The van der Waals surface area contributed by atoms with Crippen molar-refractivity contribution in [3.8, 4) is 5.75 Å². The summed E-state index contributed by atoms with van der Waals surface area (Å²) in [6, 6.07) is 2.14. The van der Waals surface area contributed by atoms with Crippen molar-refractivity contribution in [3.63, 3.8) is 0 Å². The van der Waals surface area contributed by atoms with Gasteiger partial charge in [0.25, 0.3) is 5.91 Å². The van der Waals surface area contributed by atoms with Crippen LogP contribution in [0.5, 0.6) is 5.75 Å². The first-order valence-corrected chi connectivity index (χ1v) is 4.68. The summed E-state index contributed by atoms with van der Waals surface area (Å²) < 4.78 is 18.3. The molecule has 0 heterocycles. The number of nitrogens with two attached hydrogens (primary N) is 2. The van der Waals surface area contributed by atoms with E-state index in [-0.39, 0.29) is 30.2 Å². The first-order chi connectivity index (χ1) is 7.56. The Labute approximate surface area is 91.8 Å². The Morgan fingerprint density at radius 1 is 1.50 bits per heavy atom. The highest BCUT2D eigenvalue weighted by atomic mass is 19.1. The van der Waals surface area contributed by atoms with Gasteiger partial charge in [0.1, 0.15) is 0 Å². The molecule has 1 aromatic rings. The Kier molecular flexibility index (Phi) is 4.07. The number of aliphatic hydroxyl groups is 1. The zero-order valence-corrected chi connectivity index (χ0v) is 8.57. The molecule has 0 spiro atoms. The highest BCUT2D eigenvalue weighted by molar-refractivity contribution is 5.98. The fourth-order valence-corrected chi connectivity index (χ4v) is 1.14. The van der Waals surface area contributed by atoms with E-state index in [4.69, 9.17) is 21.3 Å². The molecule has 88 valence electrons. The Hall–Kier alpha value is -1.82. The molecule has 6 heteroatoms. The van der Waals surface area contributed by atoms with Crippen molar-refractivity contribution < 1.29 is 19.0 Å². The van der Waals surface area contributed by atoms with Gasteiger partial charge in [0.05, 0.1) is 12.2 Å². The molecule has 0 bridgehead atoms. The smallest absolute Gasteiger partial charge is 0.250 e. The van der Waals surface area contributed by atoms with E-state index in [1.165, 1.54) is 0 Å². The second kappa shape index (κ2) is 5.32. The van der Waals surface area contributed by atoms with Crippen molar-refractivity contribution in [2.24, 2.45) is 5.73 Å². The highest BCUT2D eigenvalue weighted by Crippen LogP contribution is 2.23. The van der Waals surface area contributed by atoms with Crippen LogP contribution in [-0.4, -0.2) is 24.2 Å². The van der Waals surface area contributed by atoms with Crippen molar-refractivity contribution >= 4 is 11.6 Å². The molecule has 0 aliphatic rings. The second-order valence-electron chi connectivity index (χ2n) is 3.16. The summed E-state index contributed by atoms with van der Waals surface area (Å²) in [4.78, 5) is 10.9. The van der Waals surface area contributed by atoms with Crippen molar-refractivity contribution in [1.82, 2.24) is 0 Å². The van der Waals surface area contributed by atoms with Crippen LogP contribution in [0.2, 0.25) is 0 Å². The summed E-state index contributed by atoms with van der Waals surface area (Å²) in [5.41, 5.74) is 10.4. The molecule has 0 saturated heterocycles. The third kappa shape index (κ3) is 2.83. The van der Waals surface area contributed by atoms with Gasteiger partial charge in [-0.05, 0) is 6.07 Å². The van der Waals surface area contributed by atoms with Gasteiger partial charge in [0.2, 0.25) is 0 Å². The maximum absolute atomic E-state index is 13.3. The second-order valence-corrected chi connectivity index (χ2v) is 3.16. The first-order valence-electron chi connectivity index (χ1n) is 4.68. The molecular formula is C10H13FN2O3. The minimum atomic E-state index is -0.746. The van der Waals surface area contributed by atoms with E-state index in [1.54, 1.807) is 0 Å². The highest BCUT2D eigenvalue weighted by Gasteiger charge is 2.12. The minimum Gasteiger partial charge on any atom is -0.490 e. The SMILES string of the molecule is NC(=O)c1cc(OCCCO)c(F)cc1N. The molecule has 0 aliphatic carbocycles. The van der Waals surface area contributed by atoms with Crippen molar-refractivity contribution in [2.45, 2.75) is 6.42 Å². The normalized spacial score (nSPS) is 10.1. The third-order valence-corrected chi connectivity index (χ3v) is 1.93. The van der Waals surface area contributed by atoms with Gasteiger partial charge in [-0.25, -0.2) is 4.39 Å². The van der Waals surface area contributed by atoms with Gasteiger partial charge in [-0.1, -0.05) is 0 Å². The molecule has 0 unspecified atom stereocenters. The summed E-state index contributed by atoms with van der Waals surface area (Å²) in [5, 5.41) is 8.53. The monoisotopic (exact) mass is 228 g/mol. The van der Waals surface area contributed by atoms with Crippen LogP contribution in [0.4, 0.5) is 10.1 Å². The third-order valence-electron chi connectivity index (χ3n) is 1.93. The molecule has 0 fully saturated rings. The van der Waals surface area contributed by atoms with E-state index in [1.807, 2.05) is 0 Å². The van der Waals surface area contributed by atoms with Gasteiger partial charge in [0, 0.05) is 24.8 Å². The van der Waals surface area contributed by atoms with Gasteiger partial charge in [-0.15, -0.1) is 0 Å². The van der Waals surface area contributed by atoms with Crippen LogP contribution in [0.1, 0.15) is 16.8 Å². The van der Waals surface area contributed by atoms with Crippen molar-refractivity contribution in [1.29, 1.82) is 0 Å². The van der Waals surface area contributed by atoms with E-state index in [0.717, 1.165) is 12.1 Å². The van der Waals surface area contributed by atoms with Crippen LogP contribution in [0.25, 0.3) is 0 Å². The summed E-state index contributed by atoms with van der Waals surface area (Å²) in [6.07, 6.45) is 0.371. The number of anilines is 1. The zero-order chi connectivity index (χ0) is 12.1. The molecule has 16 heavy (non-hydrogen) atoms. The number of hydrogen-bond acceptors (Lipinski definition) is 4. The number of rotatable bonds is 5. The average molecular weight is 228 g/mol. The Morgan fingerprint density at radius 3 is 2.75 bits per heavy atom. The maximum atomic E-state index is 13.3. The van der Waals surface area contributed by atoms with Crippen molar-refractivity contribution in [2.75, 3.05) is 18.9 Å². The number of nitrogen functional groups attached to an aromatic ring is 1. The van der Waals surface area contributed by atoms with E-state index in [0.29, 0.717) is 6.42 Å². The molecule has 0 atom stereocenters. The first kappa shape index (κ1) is 12.3. The Morgan fingerprint density at radius 2 is 2.19 bits per heavy atom. The van der Waals surface area contributed by atoms with Crippen LogP contribution < -0.4 is 16.2 Å².